The Hall–Kier alpha value is -3.03. The van der Waals surface area contributed by atoms with Crippen molar-refractivity contribution in [3.05, 3.63) is 107 Å². The van der Waals surface area contributed by atoms with Gasteiger partial charge in [-0.05, 0) is 47.5 Å². The van der Waals surface area contributed by atoms with E-state index in [9.17, 15) is 0 Å². The molecule has 0 unspecified atom stereocenters. The number of nitrogens with two attached hydrogens (primary N) is 1. The third-order valence-corrected chi connectivity index (χ3v) is 6.65. The molecule has 0 aliphatic rings. The predicted molar refractivity (Wildman–Crippen MR) is 140 cm³/mol. The van der Waals surface area contributed by atoms with E-state index in [1.807, 2.05) is 89.5 Å². The zero-order chi connectivity index (χ0) is 22.6. The first-order valence-corrected chi connectivity index (χ1v) is 11.7. The lowest BCUT2D eigenvalue weighted by molar-refractivity contribution is 0.306. The highest BCUT2D eigenvalue weighted by Crippen LogP contribution is 2.34. The number of halogens is 2. The molecule has 0 saturated heterocycles. The Bertz CT molecular complexity index is 1410. The molecule has 0 atom stereocenters. The van der Waals surface area contributed by atoms with Gasteiger partial charge in [-0.1, -0.05) is 71.9 Å². The molecule has 34 heavy (non-hydrogen) atoms. The summed E-state index contributed by atoms with van der Waals surface area (Å²) in [7, 11) is 0. The highest BCUT2D eigenvalue weighted by atomic mass is 35.5. The highest BCUT2D eigenvalue weighted by Gasteiger charge is 2.14. The van der Waals surface area contributed by atoms with E-state index in [4.69, 9.17) is 22.1 Å². The van der Waals surface area contributed by atoms with E-state index in [-0.39, 0.29) is 12.4 Å². The molecule has 2 aromatic heterocycles. The van der Waals surface area contributed by atoms with Crippen molar-refractivity contribution in [2.75, 3.05) is 0 Å². The van der Waals surface area contributed by atoms with Gasteiger partial charge in [0.25, 0.3) is 0 Å². The van der Waals surface area contributed by atoms with Crippen LogP contribution in [0.3, 0.4) is 0 Å². The van der Waals surface area contributed by atoms with Crippen molar-refractivity contribution in [2.45, 2.75) is 22.9 Å². The molecule has 8 heteroatoms. The van der Waals surface area contributed by atoms with E-state index < -0.39 is 0 Å². The van der Waals surface area contributed by atoms with Crippen molar-refractivity contribution < 1.29 is 4.74 Å². The average Bonchev–Trinajstić information content (AvgIpc) is 3.27. The summed E-state index contributed by atoms with van der Waals surface area (Å²) in [4.78, 5) is 2.18. The van der Waals surface area contributed by atoms with Crippen molar-refractivity contribution in [1.29, 1.82) is 0 Å². The maximum absolute atomic E-state index is 6.56. The summed E-state index contributed by atoms with van der Waals surface area (Å²) >= 11 is 8.22. The molecule has 3 aromatic carbocycles. The van der Waals surface area contributed by atoms with Crippen molar-refractivity contribution in [3.63, 3.8) is 0 Å². The maximum atomic E-state index is 6.56. The average molecular weight is 509 g/mol. The van der Waals surface area contributed by atoms with Crippen LogP contribution in [0.25, 0.3) is 17.0 Å². The number of benzene rings is 3. The second kappa shape index (κ2) is 10.9. The number of hydrogen-bond acceptors (Lipinski definition) is 5. The van der Waals surface area contributed by atoms with Crippen LogP contribution in [0.1, 0.15) is 11.1 Å². The predicted octanol–water partition coefficient (Wildman–Crippen LogP) is 6.66. The summed E-state index contributed by atoms with van der Waals surface area (Å²) in [6.07, 6.45) is 2.02. The minimum Gasteiger partial charge on any atom is -0.489 e. The van der Waals surface area contributed by atoms with Crippen LogP contribution in [0.15, 0.2) is 101 Å². The topological polar surface area (TPSA) is 65.4 Å². The maximum Gasteiger partial charge on any atom is 0.170 e. The molecule has 0 radical (unpaired) electrons. The summed E-state index contributed by atoms with van der Waals surface area (Å²) in [5.41, 5.74) is 9.62. The van der Waals surface area contributed by atoms with Gasteiger partial charge in [-0.2, -0.15) is 0 Å². The summed E-state index contributed by atoms with van der Waals surface area (Å²) in [6.45, 7) is 0.971. The Morgan fingerprint density at radius 2 is 1.71 bits per heavy atom. The van der Waals surface area contributed by atoms with Gasteiger partial charge in [0.05, 0.1) is 5.02 Å². The van der Waals surface area contributed by atoms with E-state index in [1.165, 1.54) is 0 Å². The first kappa shape index (κ1) is 24.1. The Balaban J connectivity index is 0.00000274. The SMILES string of the molecule is Cl.NCc1ccccc1Sc1ccc2nnc(-c3cc(OCc4ccccc4)ccc3Cl)n2c1. The summed E-state index contributed by atoms with van der Waals surface area (Å²) in [5.74, 6) is 1.38. The highest BCUT2D eigenvalue weighted by molar-refractivity contribution is 7.99. The van der Waals surface area contributed by atoms with Gasteiger partial charge in [0.1, 0.15) is 12.4 Å². The smallest absolute Gasteiger partial charge is 0.170 e. The molecule has 5 rings (SSSR count). The van der Waals surface area contributed by atoms with Crippen LogP contribution < -0.4 is 10.5 Å². The van der Waals surface area contributed by atoms with Crippen LogP contribution in [-0.4, -0.2) is 14.6 Å². The van der Waals surface area contributed by atoms with E-state index in [0.29, 0.717) is 24.0 Å². The third-order valence-electron chi connectivity index (χ3n) is 5.22. The van der Waals surface area contributed by atoms with Crippen molar-refractivity contribution in [1.82, 2.24) is 14.6 Å². The molecule has 172 valence electrons. The molecule has 0 bridgehead atoms. The number of ether oxygens (including phenoxy) is 1. The van der Waals surface area contributed by atoms with Gasteiger partial charge in [0, 0.05) is 28.1 Å². The molecular formula is C26H22Cl2N4OS. The van der Waals surface area contributed by atoms with Crippen molar-refractivity contribution in [3.8, 4) is 17.1 Å². The first-order valence-electron chi connectivity index (χ1n) is 10.5. The largest absolute Gasteiger partial charge is 0.489 e. The fourth-order valence-electron chi connectivity index (χ4n) is 3.52. The van der Waals surface area contributed by atoms with Gasteiger partial charge in [0.2, 0.25) is 0 Å². The molecular weight excluding hydrogens is 487 g/mol. The standard InChI is InChI=1S/C26H21ClN4OS.ClH/c27-23-12-10-20(32-17-18-6-2-1-3-7-18)14-22(23)26-30-29-25-13-11-21(16-31(25)26)33-24-9-5-4-8-19(24)15-28;/h1-14,16H,15,17,28H2;1H. The van der Waals surface area contributed by atoms with Crippen molar-refractivity contribution >= 4 is 41.4 Å². The van der Waals surface area contributed by atoms with Crippen molar-refractivity contribution in [2.24, 2.45) is 5.73 Å². The van der Waals surface area contributed by atoms with Crippen LogP contribution in [0.5, 0.6) is 5.75 Å². The van der Waals surface area contributed by atoms with Gasteiger partial charge in [-0.25, -0.2) is 0 Å². The van der Waals surface area contributed by atoms with Gasteiger partial charge in [-0.15, -0.1) is 22.6 Å². The Labute approximate surface area is 213 Å². The van der Waals surface area contributed by atoms with E-state index >= 15 is 0 Å². The monoisotopic (exact) mass is 508 g/mol. The van der Waals surface area contributed by atoms with E-state index in [1.54, 1.807) is 11.8 Å². The van der Waals surface area contributed by atoms with Gasteiger partial charge < -0.3 is 10.5 Å². The normalized spacial score (nSPS) is 10.8. The molecule has 0 saturated carbocycles. The summed E-state index contributed by atoms with van der Waals surface area (Å²) < 4.78 is 7.95. The molecule has 5 nitrogen and oxygen atoms in total. The Morgan fingerprint density at radius 1 is 0.912 bits per heavy atom. The third kappa shape index (κ3) is 5.21. The number of aromatic nitrogens is 3. The quantitative estimate of drug-likeness (QED) is 0.266. The Morgan fingerprint density at radius 3 is 2.53 bits per heavy atom. The zero-order valence-electron chi connectivity index (χ0n) is 18.1. The van der Waals surface area contributed by atoms with Crippen LogP contribution in [0, 0.1) is 0 Å². The zero-order valence-corrected chi connectivity index (χ0v) is 20.5. The molecule has 0 spiro atoms. The molecule has 0 amide bonds. The van der Waals surface area contributed by atoms with Gasteiger partial charge in [0.15, 0.2) is 11.5 Å². The number of fused-ring (bicyclic) bond motifs is 1. The molecule has 2 N–H and O–H groups in total. The minimum absolute atomic E-state index is 0. The first-order chi connectivity index (χ1) is 16.2. The van der Waals surface area contributed by atoms with Crippen LogP contribution in [0.4, 0.5) is 0 Å². The summed E-state index contributed by atoms with van der Waals surface area (Å²) in [6, 6.07) is 27.8. The lowest BCUT2D eigenvalue weighted by atomic mass is 10.2. The number of rotatable bonds is 7. The van der Waals surface area contributed by atoms with Crippen LogP contribution in [-0.2, 0) is 13.2 Å². The lowest BCUT2D eigenvalue weighted by Gasteiger charge is -2.10. The minimum atomic E-state index is 0. The molecule has 2 heterocycles. The van der Waals surface area contributed by atoms with E-state index in [0.717, 1.165) is 37.9 Å². The molecule has 0 fully saturated rings. The second-order valence-corrected chi connectivity index (χ2v) is 8.97. The van der Waals surface area contributed by atoms with Gasteiger partial charge in [-0.3, -0.25) is 4.40 Å². The molecule has 0 aliphatic heterocycles. The molecule has 5 aromatic rings. The van der Waals surface area contributed by atoms with E-state index in [2.05, 4.69) is 16.3 Å². The Kier molecular flexibility index (Phi) is 7.75. The second-order valence-electron chi connectivity index (χ2n) is 7.45. The number of hydrogen-bond donors (Lipinski definition) is 1. The summed E-state index contributed by atoms with van der Waals surface area (Å²) in [5, 5.41) is 9.32. The molecule has 0 aliphatic carbocycles. The van der Waals surface area contributed by atoms with Crippen LogP contribution in [0.2, 0.25) is 5.02 Å². The fraction of sp³-hybridized carbons (Fsp3) is 0.0769. The van der Waals surface area contributed by atoms with Crippen LogP contribution >= 0.6 is 35.8 Å². The fourth-order valence-corrected chi connectivity index (χ4v) is 4.70. The number of pyridine rings is 1. The van der Waals surface area contributed by atoms with Gasteiger partial charge >= 0.3 is 0 Å². The lowest BCUT2D eigenvalue weighted by Crippen LogP contribution is -1.98. The number of nitrogens with zero attached hydrogens (tertiary/aromatic N) is 3.